The summed E-state index contributed by atoms with van der Waals surface area (Å²) in [6, 6.07) is 6.35. The minimum absolute atomic E-state index is 0.153. The number of allylic oxidation sites excluding steroid dienone is 1. The molecule has 0 aliphatic rings. The molecule has 104 valence electrons. The van der Waals surface area contributed by atoms with Crippen molar-refractivity contribution in [3.63, 3.8) is 0 Å². The third-order valence-electron chi connectivity index (χ3n) is 2.59. The lowest BCUT2D eigenvalue weighted by Crippen LogP contribution is -2.24. The number of hydrogen-bond acceptors (Lipinski definition) is 3. The molecule has 1 unspecified atom stereocenters. The SMILES string of the molecule is CC(C)=CC(=O)NC(C)c1ccc(S(C)(=O)=O)cc1. The lowest BCUT2D eigenvalue weighted by molar-refractivity contribution is -0.117. The van der Waals surface area contributed by atoms with Crippen LogP contribution in [-0.2, 0) is 14.6 Å². The molecule has 0 aromatic heterocycles. The molecule has 4 nitrogen and oxygen atoms in total. The minimum atomic E-state index is -3.18. The molecule has 0 saturated heterocycles. The van der Waals surface area contributed by atoms with Crippen molar-refractivity contribution in [2.75, 3.05) is 6.26 Å². The maximum absolute atomic E-state index is 11.6. The summed E-state index contributed by atoms with van der Waals surface area (Å²) in [6.45, 7) is 5.56. The fourth-order valence-electron chi connectivity index (χ4n) is 1.60. The number of nitrogens with one attached hydrogen (secondary N) is 1. The number of benzene rings is 1. The van der Waals surface area contributed by atoms with Gasteiger partial charge in [-0.25, -0.2) is 8.42 Å². The van der Waals surface area contributed by atoms with Crippen molar-refractivity contribution in [1.82, 2.24) is 5.32 Å². The molecule has 1 amide bonds. The van der Waals surface area contributed by atoms with Crippen molar-refractivity contribution in [2.45, 2.75) is 31.7 Å². The average molecular weight is 281 g/mol. The van der Waals surface area contributed by atoms with E-state index < -0.39 is 9.84 Å². The largest absolute Gasteiger partial charge is 0.346 e. The first kappa shape index (κ1) is 15.4. The number of sulfone groups is 1. The summed E-state index contributed by atoms with van der Waals surface area (Å²) >= 11 is 0. The molecule has 1 rings (SSSR count). The van der Waals surface area contributed by atoms with Gasteiger partial charge in [-0.05, 0) is 38.5 Å². The normalized spacial score (nSPS) is 12.6. The highest BCUT2D eigenvalue weighted by Gasteiger charge is 2.10. The first-order valence-corrected chi connectivity index (χ1v) is 7.84. The van der Waals surface area contributed by atoms with E-state index in [0.29, 0.717) is 0 Å². The fourth-order valence-corrected chi connectivity index (χ4v) is 2.23. The molecule has 0 aliphatic carbocycles. The Balaban J connectivity index is 2.82. The van der Waals surface area contributed by atoms with E-state index in [0.717, 1.165) is 11.1 Å². The Kier molecular flexibility index (Phi) is 4.89. The van der Waals surface area contributed by atoms with Crippen LogP contribution in [0.4, 0.5) is 0 Å². The number of carbonyl (C=O) groups is 1. The second-order valence-electron chi connectivity index (χ2n) is 4.79. The summed E-state index contributed by atoms with van der Waals surface area (Å²) in [7, 11) is -3.18. The van der Waals surface area contributed by atoms with Gasteiger partial charge in [-0.2, -0.15) is 0 Å². The summed E-state index contributed by atoms with van der Waals surface area (Å²) in [5.41, 5.74) is 1.79. The second-order valence-corrected chi connectivity index (χ2v) is 6.81. The molecular formula is C14H19NO3S. The van der Waals surface area contributed by atoms with Gasteiger partial charge >= 0.3 is 0 Å². The number of carbonyl (C=O) groups excluding carboxylic acids is 1. The molecule has 0 saturated carbocycles. The highest BCUT2D eigenvalue weighted by molar-refractivity contribution is 7.90. The molecule has 0 aliphatic heterocycles. The summed E-state index contributed by atoms with van der Waals surface area (Å²) in [5, 5.41) is 2.82. The maximum atomic E-state index is 11.6. The predicted molar refractivity (Wildman–Crippen MR) is 75.5 cm³/mol. The Morgan fingerprint density at radius 1 is 1.21 bits per heavy atom. The molecule has 1 atom stereocenters. The van der Waals surface area contributed by atoms with Gasteiger partial charge in [-0.15, -0.1) is 0 Å². The van der Waals surface area contributed by atoms with Gasteiger partial charge < -0.3 is 5.32 Å². The smallest absolute Gasteiger partial charge is 0.244 e. The topological polar surface area (TPSA) is 63.2 Å². The van der Waals surface area contributed by atoms with E-state index in [2.05, 4.69) is 5.32 Å². The molecule has 5 heteroatoms. The van der Waals surface area contributed by atoms with Crippen molar-refractivity contribution in [2.24, 2.45) is 0 Å². The number of amides is 1. The lowest BCUT2D eigenvalue weighted by Gasteiger charge is -2.13. The van der Waals surface area contributed by atoms with E-state index in [-0.39, 0.29) is 16.8 Å². The summed E-state index contributed by atoms with van der Waals surface area (Å²) < 4.78 is 22.7. The zero-order valence-corrected chi connectivity index (χ0v) is 12.4. The van der Waals surface area contributed by atoms with E-state index >= 15 is 0 Å². The van der Waals surface area contributed by atoms with Crippen LogP contribution < -0.4 is 5.32 Å². The van der Waals surface area contributed by atoms with E-state index in [9.17, 15) is 13.2 Å². The molecule has 19 heavy (non-hydrogen) atoms. The quantitative estimate of drug-likeness (QED) is 0.861. The zero-order chi connectivity index (χ0) is 14.6. The first-order chi connectivity index (χ1) is 8.70. The molecule has 0 fully saturated rings. The molecule has 0 bridgehead atoms. The molecule has 1 aromatic rings. The van der Waals surface area contributed by atoms with Gasteiger partial charge in [0.1, 0.15) is 0 Å². The summed E-state index contributed by atoms with van der Waals surface area (Å²) in [5.74, 6) is -0.153. The van der Waals surface area contributed by atoms with Crippen LogP contribution in [0.25, 0.3) is 0 Å². The van der Waals surface area contributed by atoms with E-state index in [1.807, 2.05) is 20.8 Å². The van der Waals surface area contributed by atoms with Crippen LogP contribution in [0.5, 0.6) is 0 Å². The molecule has 0 spiro atoms. The Labute approximate surface area is 114 Å². The van der Waals surface area contributed by atoms with Crippen LogP contribution in [0.2, 0.25) is 0 Å². The first-order valence-electron chi connectivity index (χ1n) is 5.95. The fraction of sp³-hybridized carbons (Fsp3) is 0.357. The van der Waals surface area contributed by atoms with Crippen LogP contribution in [0.3, 0.4) is 0 Å². The van der Waals surface area contributed by atoms with Gasteiger partial charge in [0.15, 0.2) is 9.84 Å². The Hall–Kier alpha value is -1.62. The lowest BCUT2D eigenvalue weighted by atomic mass is 10.1. The van der Waals surface area contributed by atoms with Gasteiger partial charge in [0, 0.05) is 12.3 Å². The van der Waals surface area contributed by atoms with Gasteiger partial charge in [-0.3, -0.25) is 4.79 Å². The molecule has 0 radical (unpaired) electrons. The third kappa shape index (κ3) is 4.87. The van der Waals surface area contributed by atoms with Crippen LogP contribution in [0.1, 0.15) is 32.4 Å². The van der Waals surface area contributed by atoms with Gasteiger partial charge in [0.05, 0.1) is 10.9 Å². The predicted octanol–water partition coefficient (Wildman–Crippen LogP) is 2.23. The minimum Gasteiger partial charge on any atom is -0.346 e. The standard InChI is InChI=1S/C14H19NO3S/c1-10(2)9-14(16)15-11(3)12-5-7-13(8-6-12)19(4,17)18/h5-9,11H,1-4H3,(H,15,16). The third-order valence-corrected chi connectivity index (χ3v) is 3.72. The number of rotatable bonds is 4. The van der Waals surface area contributed by atoms with Crippen molar-refractivity contribution in [1.29, 1.82) is 0 Å². The van der Waals surface area contributed by atoms with Crippen LogP contribution >= 0.6 is 0 Å². The molecule has 1 aromatic carbocycles. The van der Waals surface area contributed by atoms with Crippen molar-refractivity contribution in [3.05, 3.63) is 41.5 Å². The molecule has 1 N–H and O–H groups in total. The van der Waals surface area contributed by atoms with Crippen molar-refractivity contribution >= 4 is 15.7 Å². The number of hydrogen-bond donors (Lipinski definition) is 1. The average Bonchev–Trinajstić information content (AvgIpc) is 2.26. The molecule has 0 heterocycles. The van der Waals surface area contributed by atoms with Crippen LogP contribution in [-0.4, -0.2) is 20.6 Å². The Bertz CT molecular complexity index is 582. The van der Waals surface area contributed by atoms with Crippen LogP contribution in [0.15, 0.2) is 40.8 Å². The highest BCUT2D eigenvalue weighted by atomic mass is 32.2. The van der Waals surface area contributed by atoms with Crippen molar-refractivity contribution in [3.8, 4) is 0 Å². The Morgan fingerprint density at radius 3 is 2.16 bits per heavy atom. The Morgan fingerprint density at radius 2 is 1.74 bits per heavy atom. The van der Waals surface area contributed by atoms with E-state index in [1.165, 1.54) is 12.3 Å². The monoisotopic (exact) mass is 281 g/mol. The summed E-state index contributed by atoms with van der Waals surface area (Å²) in [4.78, 5) is 11.9. The molecular weight excluding hydrogens is 262 g/mol. The summed E-state index contributed by atoms with van der Waals surface area (Å²) in [6.07, 6.45) is 2.70. The van der Waals surface area contributed by atoms with Crippen molar-refractivity contribution < 1.29 is 13.2 Å². The van der Waals surface area contributed by atoms with Crippen LogP contribution in [0, 0.1) is 0 Å². The van der Waals surface area contributed by atoms with Gasteiger partial charge in [-0.1, -0.05) is 17.7 Å². The second kappa shape index (κ2) is 6.02. The maximum Gasteiger partial charge on any atom is 0.244 e. The highest BCUT2D eigenvalue weighted by Crippen LogP contribution is 2.16. The van der Waals surface area contributed by atoms with Gasteiger partial charge in [0.25, 0.3) is 0 Å². The van der Waals surface area contributed by atoms with E-state index in [4.69, 9.17) is 0 Å². The van der Waals surface area contributed by atoms with Gasteiger partial charge in [0.2, 0.25) is 5.91 Å². The van der Waals surface area contributed by atoms with E-state index in [1.54, 1.807) is 24.3 Å². The zero-order valence-electron chi connectivity index (χ0n) is 11.6.